The number of carbonyl (C=O) groups is 2. The van der Waals surface area contributed by atoms with Crippen LogP contribution in [0.3, 0.4) is 0 Å². The van der Waals surface area contributed by atoms with Gasteiger partial charge >= 0.3 is 10.1 Å². The van der Waals surface area contributed by atoms with E-state index in [1.54, 1.807) is 0 Å². The summed E-state index contributed by atoms with van der Waals surface area (Å²) < 4.78 is 29.7. The average Bonchev–Trinajstić information content (AvgIpc) is 2.79. The topological polar surface area (TPSA) is 136 Å². The van der Waals surface area contributed by atoms with E-state index in [0.29, 0.717) is 0 Å². The van der Waals surface area contributed by atoms with Gasteiger partial charge in [-0.25, -0.2) is 0 Å². The second kappa shape index (κ2) is 10.2. The van der Waals surface area contributed by atoms with Crippen LogP contribution in [-0.4, -0.2) is 49.7 Å². The number of amides is 2. The van der Waals surface area contributed by atoms with Crippen molar-refractivity contribution in [2.75, 3.05) is 19.6 Å². The van der Waals surface area contributed by atoms with Gasteiger partial charge in [-0.1, -0.05) is 6.07 Å². The zero-order chi connectivity index (χ0) is 23.1. The molecular weight excluding hydrogens is 438 g/mol. The van der Waals surface area contributed by atoms with Crippen LogP contribution in [0.2, 0.25) is 0 Å². The number of hydrogen-bond donors (Lipinski definition) is 1. The van der Waals surface area contributed by atoms with Crippen molar-refractivity contribution in [1.29, 1.82) is 0 Å². The Labute approximate surface area is 185 Å². The van der Waals surface area contributed by atoms with Crippen LogP contribution in [-0.2, 0) is 14.9 Å². The Bertz CT molecular complexity index is 1090. The SMILES string of the molecule is O=C(NCCC(=O)N1CCCCC1)c1ccc(OS(=O)(=O)c2cccc([N+](=O)[O-])c2)cc1. The molecule has 0 atom stereocenters. The minimum Gasteiger partial charge on any atom is -0.379 e. The first-order valence-corrected chi connectivity index (χ1v) is 11.5. The molecule has 0 unspecified atom stereocenters. The third kappa shape index (κ3) is 6.03. The largest absolute Gasteiger partial charge is 0.379 e. The molecule has 2 aromatic carbocycles. The van der Waals surface area contributed by atoms with Crippen LogP contribution in [0.25, 0.3) is 0 Å². The third-order valence-corrected chi connectivity index (χ3v) is 6.22. The molecule has 11 heteroatoms. The van der Waals surface area contributed by atoms with Crippen molar-refractivity contribution in [2.24, 2.45) is 0 Å². The number of benzene rings is 2. The standard InChI is InChI=1S/C21H23N3O7S/c25-20(23-13-2-1-3-14-23)11-12-22-21(26)16-7-9-18(10-8-16)31-32(29,30)19-6-4-5-17(15-19)24(27)28/h4-10,15H,1-3,11-14H2,(H,22,26). The minimum atomic E-state index is -4.28. The van der Waals surface area contributed by atoms with Gasteiger partial charge in [0.05, 0.1) is 4.92 Å². The summed E-state index contributed by atoms with van der Waals surface area (Å²) in [4.78, 5) is 36.0. The maximum atomic E-state index is 12.4. The van der Waals surface area contributed by atoms with Gasteiger partial charge < -0.3 is 14.4 Å². The maximum absolute atomic E-state index is 12.4. The first kappa shape index (κ1) is 23.2. The van der Waals surface area contributed by atoms with E-state index in [2.05, 4.69) is 5.32 Å². The Kier molecular flexibility index (Phi) is 7.41. The Morgan fingerprint density at radius 2 is 1.75 bits per heavy atom. The van der Waals surface area contributed by atoms with Crippen LogP contribution in [0.5, 0.6) is 5.75 Å². The van der Waals surface area contributed by atoms with Gasteiger partial charge in [0.15, 0.2) is 0 Å². The highest BCUT2D eigenvalue weighted by atomic mass is 32.2. The molecule has 1 heterocycles. The highest BCUT2D eigenvalue weighted by molar-refractivity contribution is 7.87. The van der Waals surface area contributed by atoms with Crippen LogP contribution in [0.4, 0.5) is 5.69 Å². The molecule has 1 aliphatic rings. The monoisotopic (exact) mass is 461 g/mol. The molecule has 32 heavy (non-hydrogen) atoms. The number of likely N-dealkylation sites (tertiary alicyclic amines) is 1. The number of non-ortho nitro benzene ring substituents is 1. The number of nitrogens with one attached hydrogen (secondary N) is 1. The molecule has 0 radical (unpaired) electrons. The van der Waals surface area contributed by atoms with E-state index < -0.39 is 20.9 Å². The summed E-state index contributed by atoms with van der Waals surface area (Å²) >= 11 is 0. The molecule has 0 aliphatic carbocycles. The minimum absolute atomic E-state index is 0.0140. The van der Waals surface area contributed by atoms with E-state index in [0.717, 1.165) is 38.4 Å². The van der Waals surface area contributed by atoms with Crippen LogP contribution in [0.1, 0.15) is 36.0 Å². The first-order valence-electron chi connectivity index (χ1n) is 10.1. The summed E-state index contributed by atoms with van der Waals surface area (Å²) in [5.74, 6) is -0.432. The van der Waals surface area contributed by atoms with Crippen molar-refractivity contribution >= 4 is 27.6 Å². The van der Waals surface area contributed by atoms with E-state index in [1.165, 1.54) is 42.5 Å². The first-order chi connectivity index (χ1) is 15.3. The van der Waals surface area contributed by atoms with Gasteiger partial charge in [0, 0.05) is 43.8 Å². The Balaban J connectivity index is 1.55. The second-order valence-electron chi connectivity index (χ2n) is 7.26. The molecule has 1 aliphatic heterocycles. The fourth-order valence-electron chi connectivity index (χ4n) is 3.28. The smallest absolute Gasteiger partial charge is 0.339 e. The average molecular weight is 461 g/mol. The molecule has 2 aromatic rings. The lowest BCUT2D eigenvalue weighted by Gasteiger charge is -2.26. The molecule has 2 amide bonds. The van der Waals surface area contributed by atoms with Gasteiger partial charge in [-0.05, 0) is 49.6 Å². The molecule has 10 nitrogen and oxygen atoms in total. The van der Waals surface area contributed by atoms with Gasteiger partial charge in [-0.15, -0.1) is 0 Å². The highest BCUT2D eigenvalue weighted by Gasteiger charge is 2.20. The van der Waals surface area contributed by atoms with Crippen LogP contribution >= 0.6 is 0 Å². The fraction of sp³-hybridized carbons (Fsp3) is 0.333. The summed E-state index contributed by atoms with van der Waals surface area (Å²) in [6, 6.07) is 9.91. The van der Waals surface area contributed by atoms with Gasteiger partial charge in [-0.2, -0.15) is 8.42 Å². The number of carbonyl (C=O) groups excluding carboxylic acids is 2. The molecule has 1 N–H and O–H groups in total. The number of rotatable bonds is 8. The number of nitrogens with zero attached hydrogens (tertiary/aromatic N) is 2. The van der Waals surface area contributed by atoms with E-state index in [4.69, 9.17) is 4.18 Å². The van der Waals surface area contributed by atoms with E-state index in [-0.39, 0.29) is 40.8 Å². The second-order valence-corrected chi connectivity index (χ2v) is 8.81. The number of nitro benzene ring substituents is 1. The van der Waals surface area contributed by atoms with Gasteiger partial charge in [-0.3, -0.25) is 19.7 Å². The quantitative estimate of drug-likeness (QED) is 0.362. The van der Waals surface area contributed by atoms with Crippen molar-refractivity contribution in [1.82, 2.24) is 10.2 Å². The van der Waals surface area contributed by atoms with Crippen molar-refractivity contribution in [3.8, 4) is 5.75 Å². The maximum Gasteiger partial charge on any atom is 0.339 e. The Morgan fingerprint density at radius 1 is 1.06 bits per heavy atom. The number of nitro groups is 1. The lowest BCUT2D eigenvalue weighted by molar-refractivity contribution is -0.385. The van der Waals surface area contributed by atoms with Crippen molar-refractivity contribution in [2.45, 2.75) is 30.6 Å². The third-order valence-electron chi connectivity index (χ3n) is 4.97. The highest BCUT2D eigenvalue weighted by Crippen LogP contribution is 2.22. The Morgan fingerprint density at radius 3 is 2.41 bits per heavy atom. The van der Waals surface area contributed by atoms with Gasteiger partial charge in [0.2, 0.25) is 5.91 Å². The number of hydrogen-bond acceptors (Lipinski definition) is 7. The lowest BCUT2D eigenvalue weighted by Crippen LogP contribution is -2.37. The predicted molar refractivity (Wildman–Crippen MR) is 115 cm³/mol. The van der Waals surface area contributed by atoms with E-state index in [9.17, 15) is 28.1 Å². The van der Waals surface area contributed by atoms with Gasteiger partial charge in [0.1, 0.15) is 10.6 Å². The normalized spacial score (nSPS) is 13.9. The molecule has 0 spiro atoms. The summed E-state index contributed by atoms with van der Waals surface area (Å²) in [5, 5.41) is 13.5. The van der Waals surface area contributed by atoms with Crippen LogP contribution < -0.4 is 9.50 Å². The molecule has 0 aromatic heterocycles. The Hall–Kier alpha value is -3.47. The van der Waals surface area contributed by atoms with Crippen LogP contribution in [0.15, 0.2) is 53.4 Å². The summed E-state index contributed by atoms with van der Waals surface area (Å²) in [7, 11) is -4.28. The molecule has 0 bridgehead atoms. The molecule has 1 fully saturated rings. The molecule has 3 rings (SSSR count). The zero-order valence-electron chi connectivity index (χ0n) is 17.2. The van der Waals surface area contributed by atoms with Crippen molar-refractivity contribution < 1.29 is 27.1 Å². The molecular formula is C21H23N3O7S. The summed E-state index contributed by atoms with van der Waals surface area (Å²) in [5.41, 5.74) is -0.101. The lowest BCUT2D eigenvalue weighted by atomic mass is 10.1. The van der Waals surface area contributed by atoms with E-state index in [1.807, 2.05) is 4.90 Å². The summed E-state index contributed by atoms with van der Waals surface area (Å²) in [6.45, 7) is 1.72. The van der Waals surface area contributed by atoms with Gasteiger partial charge in [0.25, 0.3) is 11.6 Å². The molecule has 1 saturated heterocycles. The molecule has 170 valence electrons. The number of piperidine rings is 1. The van der Waals surface area contributed by atoms with Crippen molar-refractivity contribution in [3.05, 3.63) is 64.2 Å². The fourth-order valence-corrected chi connectivity index (χ4v) is 4.25. The zero-order valence-corrected chi connectivity index (χ0v) is 18.0. The van der Waals surface area contributed by atoms with Crippen LogP contribution in [0, 0.1) is 10.1 Å². The van der Waals surface area contributed by atoms with Crippen molar-refractivity contribution in [3.63, 3.8) is 0 Å². The summed E-state index contributed by atoms with van der Waals surface area (Å²) in [6.07, 6.45) is 3.36. The van der Waals surface area contributed by atoms with E-state index >= 15 is 0 Å². The molecule has 0 saturated carbocycles. The predicted octanol–water partition coefficient (Wildman–Crippen LogP) is 2.49.